The minimum absolute atomic E-state index is 0.0562. The molecule has 0 saturated heterocycles. The highest BCUT2D eigenvalue weighted by Gasteiger charge is 2.17. The van der Waals surface area contributed by atoms with Crippen molar-refractivity contribution in [3.8, 4) is 0 Å². The Labute approximate surface area is 65.1 Å². The third-order valence-electron chi connectivity index (χ3n) is 1.41. The molecule has 0 rings (SSSR count). The molecule has 0 aromatic rings. The van der Waals surface area contributed by atoms with E-state index in [1.54, 1.807) is 0 Å². The zero-order valence-corrected chi connectivity index (χ0v) is 6.22. The average molecular weight is 165 g/mol. The zero-order chi connectivity index (χ0) is 8.85. The Morgan fingerprint density at radius 3 is 2.00 bits per heavy atom. The van der Waals surface area contributed by atoms with Gasteiger partial charge in [-0.25, -0.2) is 0 Å². The molecule has 0 amide bonds. The number of hydrogen-bond donors (Lipinski definition) is 5. The Hall–Kier alpha value is -0.200. The molecule has 6 N–H and O–H groups in total. The first-order valence-electron chi connectivity index (χ1n) is 3.47. The summed E-state index contributed by atoms with van der Waals surface area (Å²) in [5.74, 6) is 0. The molecule has 0 heterocycles. The molecule has 0 aromatic carbocycles. The monoisotopic (exact) mass is 165 g/mol. The molecular formula is C6H15NO4. The van der Waals surface area contributed by atoms with Crippen molar-refractivity contribution in [2.75, 3.05) is 13.2 Å². The second kappa shape index (κ2) is 5.45. The Morgan fingerprint density at radius 1 is 1.09 bits per heavy atom. The number of nitrogens with two attached hydrogens (primary N) is 1. The Balaban J connectivity index is 3.58. The van der Waals surface area contributed by atoms with Gasteiger partial charge >= 0.3 is 0 Å². The van der Waals surface area contributed by atoms with Crippen LogP contribution in [0.4, 0.5) is 0 Å². The van der Waals surface area contributed by atoms with E-state index < -0.39 is 24.9 Å². The molecule has 11 heavy (non-hydrogen) atoms. The average Bonchev–Trinajstić information content (AvgIpc) is 2.02. The van der Waals surface area contributed by atoms with Crippen LogP contribution in [0, 0.1) is 0 Å². The summed E-state index contributed by atoms with van der Waals surface area (Å²) in [6.45, 7) is -0.479. The van der Waals surface area contributed by atoms with Crippen LogP contribution in [0.3, 0.4) is 0 Å². The third-order valence-corrected chi connectivity index (χ3v) is 1.41. The molecular weight excluding hydrogens is 150 g/mol. The third kappa shape index (κ3) is 4.28. The highest BCUT2D eigenvalue weighted by Crippen LogP contribution is 2.01. The lowest BCUT2D eigenvalue weighted by molar-refractivity contribution is -0.0193. The lowest BCUT2D eigenvalue weighted by Crippen LogP contribution is -2.36. The first kappa shape index (κ1) is 10.8. The molecule has 0 aromatic heterocycles. The standard InChI is InChI=1S/C6H15NO4/c7-2-6(11)5(10)1-4(9)3-8/h4-6,8-11H,1-3,7H2/t4-,5-,6?/m0/s1. The molecule has 0 spiro atoms. The lowest BCUT2D eigenvalue weighted by Gasteiger charge is -2.17. The largest absolute Gasteiger partial charge is 0.394 e. The van der Waals surface area contributed by atoms with E-state index in [-0.39, 0.29) is 13.0 Å². The molecule has 0 bridgehead atoms. The van der Waals surface area contributed by atoms with E-state index in [9.17, 15) is 0 Å². The van der Waals surface area contributed by atoms with Crippen LogP contribution in [-0.4, -0.2) is 51.9 Å². The van der Waals surface area contributed by atoms with Gasteiger partial charge in [-0.05, 0) is 0 Å². The number of aliphatic hydroxyl groups is 4. The SMILES string of the molecule is NCC(O)[C@@H](O)C[C@H](O)CO. The summed E-state index contributed by atoms with van der Waals surface area (Å²) in [5, 5.41) is 35.1. The van der Waals surface area contributed by atoms with Gasteiger partial charge in [0.1, 0.15) is 0 Å². The molecule has 0 radical (unpaired) electrons. The Morgan fingerprint density at radius 2 is 1.64 bits per heavy atom. The number of rotatable bonds is 5. The van der Waals surface area contributed by atoms with Crippen LogP contribution >= 0.6 is 0 Å². The maximum atomic E-state index is 9.02. The molecule has 0 aliphatic rings. The van der Waals surface area contributed by atoms with Crippen molar-refractivity contribution in [1.29, 1.82) is 0 Å². The predicted molar refractivity (Wildman–Crippen MR) is 38.8 cm³/mol. The summed E-state index contributed by atoms with van der Waals surface area (Å²) in [4.78, 5) is 0. The smallest absolute Gasteiger partial charge is 0.0921 e. The molecule has 68 valence electrons. The highest BCUT2D eigenvalue weighted by molar-refractivity contribution is 4.70. The van der Waals surface area contributed by atoms with Gasteiger partial charge in [0.05, 0.1) is 24.9 Å². The van der Waals surface area contributed by atoms with Gasteiger partial charge in [0.25, 0.3) is 0 Å². The van der Waals surface area contributed by atoms with Crippen molar-refractivity contribution in [1.82, 2.24) is 0 Å². The number of hydrogen-bond acceptors (Lipinski definition) is 5. The molecule has 1 unspecified atom stereocenters. The summed E-state index contributed by atoms with van der Waals surface area (Å²) in [6, 6.07) is 0. The molecule has 5 heteroatoms. The van der Waals surface area contributed by atoms with E-state index in [1.807, 2.05) is 0 Å². The van der Waals surface area contributed by atoms with Crippen LogP contribution in [0.5, 0.6) is 0 Å². The minimum atomic E-state index is -1.07. The van der Waals surface area contributed by atoms with Gasteiger partial charge in [-0.2, -0.15) is 0 Å². The van der Waals surface area contributed by atoms with Gasteiger partial charge < -0.3 is 26.2 Å². The molecule has 0 saturated carbocycles. The van der Waals surface area contributed by atoms with E-state index in [0.717, 1.165) is 0 Å². The van der Waals surface area contributed by atoms with Gasteiger partial charge in [-0.3, -0.25) is 0 Å². The Kier molecular flexibility index (Phi) is 5.35. The van der Waals surface area contributed by atoms with E-state index in [4.69, 9.17) is 26.2 Å². The van der Waals surface area contributed by atoms with Gasteiger partial charge in [0, 0.05) is 13.0 Å². The fraction of sp³-hybridized carbons (Fsp3) is 1.00. The van der Waals surface area contributed by atoms with Crippen molar-refractivity contribution in [2.45, 2.75) is 24.7 Å². The first-order chi connectivity index (χ1) is 5.11. The van der Waals surface area contributed by atoms with Crippen LogP contribution in [0.25, 0.3) is 0 Å². The summed E-state index contributed by atoms with van der Waals surface area (Å²) >= 11 is 0. The van der Waals surface area contributed by atoms with E-state index in [1.165, 1.54) is 0 Å². The Bertz CT molecular complexity index is 101. The maximum Gasteiger partial charge on any atom is 0.0921 e. The van der Waals surface area contributed by atoms with Crippen LogP contribution < -0.4 is 5.73 Å². The summed E-state index contributed by atoms with van der Waals surface area (Å²) in [7, 11) is 0. The summed E-state index contributed by atoms with van der Waals surface area (Å²) < 4.78 is 0. The fourth-order valence-corrected chi connectivity index (χ4v) is 0.667. The van der Waals surface area contributed by atoms with Crippen LogP contribution in [0.1, 0.15) is 6.42 Å². The molecule has 0 aliphatic carbocycles. The van der Waals surface area contributed by atoms with Crippen molar-refractivity contribution < 1.29 is 20.4 Å². The van der Waals surface area contributed by atoms with Crippen molar-refractivity contribution in [3.63, 3.8) is 0 Å². The highest BCUT2D eigenvalue weighted by atomic mass is 16.3. The summed E-state index contributed by atoms with van der Waals surface area (Å²) in [5.41, 5.74) is 5.04. The van der Waals surface area contributed by atoms with E-state index >= 15 is 0 Å². The lowest BCUT2D eigenvalue weighted by atomic mass is 10.1. The van der Waals surface area contributed by atoms with Gasteiger partial charge in [0.15, 0.2) is 0 Å². The molecule has 5 nitrogen and oxygen atoms in total. The maximum absolute atomic E-state index is 9.02. The fourth-order valence-electron chi connectivity index (χ4n) is 0.667. The predicted octanol–water partition coefficient (Wildman–Crippen LogP) is -2.59. The van der Waals surface area contributed by atoms with Crippen LogP contribution in [0.2, 0.25) is 0 Å². The van der Waals surface area contributed by atoms with E-state index in [0.29, 0.717) is 0 Å². The van der Waals surface area contributed by atoms with Gasteiger partial charge in [0.2, 0.25) is 0 Å². The van der Waals surface area contributed by atoms with Crippen molar-refractivity contribution in [3.05, 3.63) is 0 Å². The first-order valence-corrected chi connectivity index (χ1v) is 3.47. The zero-order valence-electron chi connectivity index (χ0n) is 6.22. The van der Waals surface area contributed by atoms with Gasteiger partial charge in [-0.15, -0.1) is 0 Å². The second-order valence-corrected chi connectivity index (χ2v) is 2.44. The molecule has 0 aliphatic heterocycles. The summed E-state index contributed by atoms with van der Waals surface area (Å²) in [6.07, 6.45) is -3.15. The van der Waals surface area contributed by atoms with Crippen LogP contribution in [-0.2, 0) is 0 Å². The van der Waals surface area contributed by atoms with E-state index in [2.05, 4.69) is 0 Å². The quantitative estimate of drug-likeness (QED) is 0.307. The van der Waals surface area contributed by atoms with Gasteiger partial charge in [-0.1, -0.05) is 0 Å². The second-order valence-electron chi connectivity index (χ2n) is 2.44. The normalized spacial score (nSPS) is 19.4. The minimum Gasteiger partial charge on any atom is -0.394 e. The molecule has 0 fully saturated rings. The van der Waals surface area contributed by atoms with Crippen molar-refractivity contribution in [2.24, 2.45) is 5.73 Å². The molecule has 3 atom stereocenters. The number of aliphatic hydroxyl groups excluding tert-OH is 4. The van der Waals surface area contributed by atoms with Crippen LogP contribution in [0.15, 0.2) is 0 Å². The topological polar surface area (TPSA) is 107 Å². The van der Waals surface area contributed by atoms with Crippen molar-refractivity contribution >= 4 is 0 Å².